The van der Waals surface area contributed by atoms with Crippen molar-refractivity contribution in [2.45, 2.75) is 31.2 Å². The normalized spacial score (nSPS) is 12.4. The third kappa shape index (κ3) is 3.66. The summed E-state index contributed by atoms with van der Waals surface area (Å²) >= 11 is 2.78. The molecule has 0 aliphatic heterocycles. The van der Waals surface area contributed by atoms with Gasteiger partial charge in [0.15, 0.2) is 5.16 Å². The minimum atomic E-state index is -0.310. The van der Waals surface area contributed by atoms with E-state index in [0.717, 1.165) is 11.1 Å². The lowest BCUT2D eigenvalue weighted by molar-refractivity contribution is -0.127. The summed E-state index contributed by atoms with van der Waals surface area (Å²) in [5.74, 6) is -0.00338. The molecule has 7 heteroatoms. The highest BCUT2D eigenvalue weighted by atomic mass is 32.2. The Kier molecular flexibility index (Phi) is 5.44. The van der Waals surface area contributed by atoms with Crippen molar-refractivity contribution in [2.24, 2.45) is 7.05 Å². The fraction of sp³-hybridized carbons (Fsp3) is 0.350. The number of nitrogens with zero attached hydrogens (tertiary/aromatic N) is 3. The monoisotopic (exact) mass is 401 g/mol. The Balaban J connectivity index is 2.08. The van der Waals surface area contributed by atoms with Crippen LogP contribution in [0.3, 0.4) is 0 Å². The Bertz CT molecular complexity index is 1080. The van der Waals surface area contributed by atoms with Gasteiger partial charge in [0.05, 0.1) is 10.6 Å². The number of thiophene rings is 1. The van der Waals surface area contributed by atoms with Crippen LogP contribution in [0.4, 0.5) is 0 Å². The molecule has 0 N–H and O–H groups in total. The molecule has 2 heterocycles. The first-order valence-corrected chi connectivity index (χ1v) is 10.4. The summed E-state index contributed by atoms with van der Waals surface area (Å²) in [6.07, 6.45) is 0. The number of carbonyl (C=O) groups is 1. The molecule has 1 atom stereocenters. The summed E-state index contributed by atoms with van der Waals surface area (Å²) < 4.78 is 1.55. The molecule has 1 unspecified atom stereocenters. The number of rotatable bonds is 4. The number of benzene rings is 1. The van der Waals surface area contributed by atoms with Crippen LogP contribution in [0.1, 0.15) is 18.1 Å². The van der Waals surface area contributed by atoms with Gasteiger partial charge in [-0.15, -0.1) is 11.3 Å². The third-order valence-electron chi connectivity index (χ3n) is 4.66. The van der Waals surface area contributed by atoms with Crippen molar-refractivity contribution in [1.29, 1.82) is 0 Å². The summed E-state index contributed by atoms with van der Waals surface area (Å²) in [7, 11) is 5.17. The smallest absolute Gasteiger partial charge is 0.263 e. The summed E-state index contributed by atoms with van der Waals surface area (Å²) in [6.45, 7) is 5.98. The number of carbonyl (C=O) groups excluding carboxylic acids is 1. The Hall–Kier alpha value is -2.12. The lowest BCUT2D eigenvalue weighted by Gasteiger charge is -2.17. The molecule has 0 fully saturated rings. The second-order valence-electron chi connectivity index (χ2n) is 6.88. The highest BCUT2D eigenvalue weighted by Crippen LogP contribution is 2.33. The van der Waals surface area contributed by atoms with Crippen LogP contribution in [0.5, 0.6) is 0 Å². The fourth-order valence-electron chi connectivity index (χ4n) is 2.85. The zero-order valence-corrected chi connectivity index (χ0v) is 18.0. The van der Waals surface area contributed by atoms with E-state index in [1.165, 1.54) is 34.2 Å². The average molecular weight is 402 g/mol. The number of hydrogen-bond donors (Lipinski definition) is 0. The Morgan fingerprint density at radius 3 is 2.59 bits per heavy atom. The van der Waals surface area contributed by atoms with Crippen molar-refractivity contribution in [1.82, 2.24) is 14.5 Å². The van der Waals surface area contributed by atoms with E-state index in [0.29, 0.717) is 15.4 Å². The summed E-state index contributed by atoms with van der Waals surface area (Å²) in [4.78, 5) is 32.1. The first-order chi connectivity index (χ1) is 12.7. The largest absolute Gasteiger partial charge is 0.348 e. The highest BCUT2D eigenvalue weighted by molar-refractivity contribution is 8.00. The van der Waals surface area contributed by atoms with Crippen molar-refractivity contribution in [3.05, 3.63) is 45.1 Å². The quantitative estimate of drug-likeness (QED) is 0.492. The second-order valence-corrected chi connectivity index (χ2v) is 9.05. The number of hydrogen-bond acceptors (Lipinski definition) is 5. The molecule has 3 rings (SSSR count). The van der Waals surface area contributed by atoms with Crippen molar-refractivity contribution in [3.8, 4) is 11.1 Å². The fourth-order valence-corrected chi connectivity index (χ4v) is 4.86. The van der Waals surface area contributed by atoms with Gasteiger partial charge in [-0.05, 0) is 37.5 Å². The highest BCUT2D eigenvalue weighted by Gasteiger charge is 2.21. The number of aryl methyl sites for hydroxylation is 2. The van der Waals surface area contributed by atoms with Crippen LogP contribution in [-0.4, -0.2) is 39.7 Å². The van der Waals surface area contributed by atoms with Crippen LogP contribution in [-0.2, 0) is 11.8 Å². The van der Waals surface area contributed by atoms with Gasteiger partial charge in [0.1, 0.15) is 4.83 Å². The molecule has 142 valence electrons. The predicted molar refractivity (Wildman–Crippen MR) is 114 cm³/mol. The van der Waals surface area contributed by atoms with Crippen LogP contribution >= 0.6 is 23.1 Å². The first kappa shape index (κ1) is 19.6. The third-order valence-corrected chi connectivity index (χ3v) is 6.67. The maximum atomic E-state index is 13.1. The molecular weight excluding hydrogens is 378 g/mol. The number of amides is 1. The van der Waals surface area contributed by atoms with E-state index in [-0.39, 0.29) is 16.7 Å². The molecule has 27 heavy (non-hydrogen) atoms. The van der Waals surface area contributed by atoms with Crippen LogP contribution in [0, 0.1) is 13.8 Å². The maximum absolute atomic E-state index is 13.1. The summed E-state index contributed by atoms with van der Waals surface area (Å²) in [5, 5.41) is 2.88. The SMILES string of the molecule is Cc1ccc(-c2csc3nc(SC(C)C(=O)N(C)C)n(C)c(=O)c23)cc1C. The van der Waals surface area contributed by atoms with Gasteiger partial charge in [-0.1, -0.05) is 30.0 Å². The van der Waals surface area contributed by atoms with Gasteiger partial charge < -0.3 is 4.90 Å². The van der Waals surface area contributed by atoms with Crippen LogP contribution in [0.25, 0.3) is 21.3 Å². The van der Waals surface area contributed by atoms with E-state index in [9.17, 15) is 9.59 Å². The molecule has 5 nitrogen and oxygen atoms in total. The minimum absolute atomic E-state index is 0.00338. The lowest BCUT2D eigenvalue weighted by atomic mass is 10.0. The summed E-state index contributed by atoms with van der Waals surface area (Å²) in [5.41, 5.74) is 4.28. The molecule has 2 aromatic heterocycles. The molecule has 0 aliphatic rings. The van der Waals surface area contributed by atoms with Gasteiger partial charge in [-0.3, -0.25) is 14.2 Å². The second kappa shape index (κ2) is 7.48. The predicted octanol–water partition coefficient (Wildman–Crippen LogP) is 3.85. The van der Waals surface area contributed by atoms with E-state index < -0.39 is 0 Å². The molecule has 0 radical (unpaired) electrons. The van der Waals surface area contributed by atoms with E-state index in [2.05, 4.69) is 31.0 Å². The standard InChI is InChI=1S/C20H23N3O2S2/c1-11-7-8-14(9-12(11)2)15-10-26-17-16(15)19(25)23(6)20(21-17)27-13(3)18(24)22(4)5/h7-10,13H,1-6H3. The topological polar surface area (TPSA) is 55.2 Å². The van der Waals surface area contributed by atoms with Crippen molar-refractivity contribution in [3.63, 3.8) is 0 Å². The van der Waals surface area contributed by atoms with Gasteiger partial charge >= 0.3 is 0 Å². The van der Waals surface area contributed by atoms with E-state index in [4.69, 9.17) is 0 Å². The van der Waals surface area contributed by atoms with Crippen molar-refractivity contribution < 1.29 is 4.79 Å². The molecule has 1 amide bonds. The molecule has 0 bridgehead atoms. The molecule has 3 aromatic rings. The van der Waals surface area contributed by atoms with Gasteiger partial charge in [0.25, 0.3) is 5.56 Å². The molecule has 0 saturated carbocycles. The first-order valence-electron chi connectivity index (χ1n) is 8.64. The molecule has 0 spiro atoms. The van der Waals surface area contributed by atoms with Gasteiger partial charge in [-0.2, -0.15) is 0 Å². The lowest BCUT2D eigenvalue weighted by Crippen LogP contribution is -2.30. The molecule has 1 aromatic carbocycles. The van der Waals surface area contributed by atoms with Crippen LogP contribution < -0.4 is 5.56 Å². The van der Waals surface area contributed by atoms with Crippen molar-refractivity contribution >= 4 is 39.2 Å². The van der Waals surface area contributed by atoms with Crippen LogP contribution in [0.2, 0.25) is 0 Å². The molecule has 0 aliphatic carbocycles. The summed E-state index contributed by atoms with van der Waals surface area (Å²) in [6, 6.07) is 6.23. The molecule has 0 saturated heterocycles. The van der Waals surface area contributed by atoms with Crippen molar-refractivity contribution in [2.75, 3.05) is 14.1 Å². The average Bonchev–Trinajstić information content (AvgIpc) is 3.04. The zero-order valence-electron chi connectivity index (χ0n) is 16.4. The molecular formula is C20H23N3O2S2. The number of thioether (sulfide) groups is 1. The van der Waals surface area contributed by atoms with E-state index in [1.807, 2.05) is 18.4 Å². The van der Waals surface area contributed by atoms with Gasteiger partial charge in [0, 0.05) is 32.1 Å². The van der Waals surface area contributed by atoms with Gasteiger partial charge in [0.2, 0.25) is 5.91 Å². The minimum Gasteiger partial charge on any atom is -0.348 e. The van der Waals surface area contributed by atoms with E-state index >= 15 is 0 Å². The Labute approximate surface area is 167 Å². The van der Waals surface area contributed by atoms with Crippen LogP contribution in [0.15, 0.2) is 33.5 Å². The number of aromatic nitrogens is 2. The maximum Gasteiger partial charge on any atom is 0.263 e. The van der Waals surface area contributed by atoms with E-state index in [1.54, 1.807) is 30.6 Å². The zero-order chi connectivity index (χ0) is 19.9. The van der Waals surface area contributed by atoms with Gasteiger partial charge in [-0.25, -0.2) is 4.98 Å². The Morgan fingerprint density at radius 2 is 1.96 bits per heavy atom. The Morgan fingerprint density at radius 1 is 1.26 bits per heavy atom. The number of fused-ring (bicyclic) bond motifs is 1.